The van der Waals surface area contributed by atoms with Crippen LogP contribution in [-0.4, -0.2) is 19.6 Å². The molecule has 9 heteroatoms. The summed E-state index contributed by atoms with van der Waals surface area (Å²) in [6, 6.07) is 0.839. The third-order valence-corrected chi connectivity index (χ3v) is 3.01. The number of nitrogens with zero attached hydrogens (tertiary/aromatic N) is 2. The van der Waals surface area contributed by atoms with Gasteiger partial charge < -0.3 is 10.2 Å². The molecule has 98 valence electrons. The number of imidazole rings is 1. The van der Waals surface area contributed by atoms with Crippen molar-refractivity contribution in [3.8, 4) is 0 Å². The molecule has 2 aromatic rings. The van der Waals surface area contributed by atoms with Crippen molar-refractivity contribution in [3.05, 3.63) is 33.1 Å². The van der Waals surface area contributed by atoms with Gasteiger partial charge in [-0.1, -0.05) is 11.6 Å². The van der Waals surface area contributed by atoms with Crippen molar-refractivity contribution in [2.24, 2.45) is 0 Å². The summed E-state index contributed by atoms with van der Waals surface area (Å²) in [5, 5.41) is 17.7. The van der Waals surface area contributed by atoms with E-state index < -0.39 is 29.4 Å². The first-order valence-corrected chi connectivity index (χ1v) is 5.69. The van der Waals surface area contributed by atoms with Crippen LogP contribution < -0.4 is 0 Å². The largest absolute Gasteiger partial charge is 0.420 e. The molecule has 2 heterocycles. The summed E-state index contributed by atoms with van der Waals surface area (Å²) in [5.41, 5.74) is -1.94. The van der Waals surface area contributed by atoms with Gasteiger partial charge in [0, 0.05) is 10.7 Å². The van der Waals surface area contributed by atoms with Crippen LogP contribution in [0.5, 0.6) is 0 Å². The van der Waals surface area contributed by atoms with E-state index in [1.807, 2.05) is 0 Å². The maximum Gasteiger partial charge on any atom is 0.420 e. The lowest BCUT2D eigenvalue weighted by Gasteiger charge is -2.08. The van der Waals surface area contributed by atoms with Crippen LogP contribution in [0.4, 0.5) is 13.2 Å². The van der Waals surface area contributed by atoms with Gasteiger partial charge in [-0.15, -0.1) is 0 Å². The van der Waals surface area contributed by atoms with E-state index in [2.05, 4.69) is 20.9 Å². The van der Waals surface area contributed by atoms with Crippen LogP contribution in [0.3, 0.4) is 0 Å². The van der Waals surface area contributed by atoms with Crippen molar-refractivity contribution in [1.29, 1.82) is 0 Å². The summed E-state index contributed by atoms with van der Waals surface area (Å²) in [4.78, 5) is 3.51. The number of pyridine rings is 1. The maximum absolute atomic E-state index is 12.8. The summed E-state index contributed by atoms with van der Waals surface area (Å²) in [7, 11) is 0. The smallest absolute Gasteiger partial charge is 0.363 e. The van der Waals surface area contributed by atoms with Gasteiger partial charge in [-0.05, 0) is 22.0 Å². The molecule has 2 N–H and O–H groups in total. The van der Waals surface area contributed by atoms with E-state index >= 15 is 0 Å². The van der Waals surface area contributed by atoms with Crippen molar-refractivity contribution in [3.63, 3.8) is 0 Å². The molecule has 0 radical (unpaired) electrons. The second kappa shape index (κ2) is 4.37. The lowest BCUT2D eigenvalue weighted by molar-refractivity contribution is -0.136. The van der Waals surface area contributed by atoms with Crippen molar-refractivity contribution >= 4 is 33.2 Å². The van der Waals surface area contributed by atoms with E-state index in [9.17, 15) is 13.2 Å². The average molecular weight is 346 g/mol. The topological polar surface area (TPSA) is 57.8 Å². The zero-order chi connectivity index (χ0) is 13.7. The van der Waals surface area contributed by atoms with Crippen LogP contribution in [0.25, 0.3) is 5.65 Å². The Balaban J connectivity index is 2.85. The predicted octanol–water partition coefficient (Wildman–Crippen LogP) is 2.75. The van der Waals surface area contributed by atoms with Gasteiger partial charge >= 0.3 is 6.18 Å². The van der Waals surface area contributed by atoms with E-state index in [0.29, 0.717) is 0 Å². The van der Waals surface area contributed by atoms with E-state index in [1.165, 1.54) is 6.20 Å². The Morgan fingerprint density at radius 2 is 2.00 bits per heavy atom. The highest BCUT2D eigenvalue weighted by atomic mass is 79.9. The number of rotatable bonds is 1. The van der Waals surface area contributed by atoms with Crippen molar-refractivity contribution in [2.45, 2.75) is 12.5 Å². The zero-order valence-electron chi connectivity index (χ0n) is 8.41. The van der Waals surface area contributed by atoms with E-state index in [-0.39, 0.29) is 9.63 Å². The Labute approximate surface area is 112 Å². The number of fused-ring (bicyclic) bond motifs is 1. The lowest BCUT2D eigenvalue weighted by atomic mass is 10.2. The molecule has 0 atom stereocenters. The standard InChI is InChI=1S/C9H5BrClF3N2O2/c10-3-1-4(9(12,13)14)7-15-5(8(17)18)6(11)16(7)2-3/h1-2,8,17-18H. The van der Waals surface area contributed by atoms with Gasteiger partial charge in [0.15, 0.2) is 11.9 Å². The molecular formula is C9H5BrClF3N2O2. The molecule has 0 unspecified atom stereocenters. The fourth-order valence-electron chi connectivity index (χ4n) is 1.47. The SMILES string of the molecule is OC(O)c1nc2c(C(F)(F)F)cc(Br)cn2c1Cl. The average Bonchev–Trinajstić information content (AvgIpc) is 2.54. The highest BCUT2D eigenvalue weighted by Gasteiger charge is 2.35. The molecule has 2 aromatic heterocycles. The number of alkyl halides is 3. The molecule has 0 fully saturated rings. The Morgan fingerprint density at radius 3 is 2.50 bits per heavy atom. The maximum atomic E-state index is 12.8. The monoisotopic (exact) mass is 344 g/mol. The minimum atomic E-state index is -4.63. The first kappa shape index (κ1) is 13.6. The van der Waals surface area contributed by atoms with Gasteiger partial charge in [-0.25, -0.2) is 4.98 Å². The number of halogens is 5. The molecule has 2 rings (SSSR count). The first-order valence-electron chi connectivity index (χ1n) is 4.52. The van der Waals surface area contributed by atoms with Gasteiger partial charge in [-0.3, -0.25) is 4.40 Å². The quantitative estimate of drug-likeness (QED) is 0.782. The van der Waals surface area contributed by atoms with Crippen LogP contribution in [0.2, 0.25) is 5.15 Å². The molecule has 4 nitrogen and oxygen atoms in total. The summed E-state index contributed by atoms with van der Waals surface area (Å²) in [6.45, 7) is 0. The summed E-state index contributed by atoms with van der Waals surface area (Å²) < 4.78 is 39.5. The Bertz CT molecular complexity index is 612. The number of hydrogen-bond donors (Lipinski definition) is 2. The minimum Gasteiger partial charge on any atom is -0.363 e. The van der Waals surface area contributed by atoms with E-state index in [4.69, 9.17) is 21.8 Å². The van der Waals surface area contributed by atoms with Crippen LogP contribution in [-0.2, 0) is 6.18 Å². The minimum absolute atomic E-state index is 0.139. The molecule has 0 aliphatic heterocycles. The molecule has 0 amide bonds. The molecule has 0 bridgehead atoms. The predicted molar refractivity (Wildman–Crippen MR) is 60.1 cm³/mol. The fraction of sp³-hybridized carbons (Fsp3) is 0.222. The summed E-state index contributed by atoms with van der Waals surface area (Å²) in [6.07, 6.45) is -5.42. The molecule has 0 spiro atoms. The second-order valence-corrected chi connectivity index (χ2v) is 4.70. The second-order valence-electron chi connectivity index (χ2n) is 3.42. The zero-order valence-corrected chi connectivity index (χ0v) is 10.8. The van der Waals surface area contributed by atoms with Crippen molar-refractivity contribution in [1.82, 2.24) is 9.38 Å². The van der Waals surface area contributed by atoms with Crippen LogP contribution >= 0.6 is 27.5 Å². The number of aliphatic hydroxyl groups excluding tert-OH is 1. The highest BCUT2D eigenvalue weighted by Crippen LogP contribution is 2.36. The Hall–Kier alpha value is -0.830. The summed E-state index contributed by atoms with van der Waals surface area (Å²) in [5.74, 6) is 0. The molecule has 0 aromatic carbocycles. The normalized spacial score (nSPS) is 12.7. The van der Waals surface area contributed by atoms with Crippen LogP contribution in [0.1, 0.15) is 17.5 Å². The van der Waals surface area contributed by atoms with Gasteiger partial charge in [-0.2, -0.15) is 13.2 Å². The Morgan fingerprint density at radius 1 is 1.39 bits per heavy atom. The molecule has 0 aliphatic carbocycles. The van der Waals surface area contributed by atoms with E-state index in [1.54, 1.807) is 0 Å². The number of aliphatic hydroxyl groups is 2. The lowest BCUT2D eigenvalue weighted by Crippen LogP contribution is -2.08. The fourth-order valence-corrected chi connectivity index (χ4v) is 2.18. The van der Waals surface area contributed by atoms with Crippen LogP contribution in [0, 0.1) is 0 Å². The molecule has 0 saturated heterocycles. The summed E-state index contributed by atoms with van der Waals surface area (Å²) >= 11 is 8.66. The molecular weight excluding hydrogens is 340 g/mol. The number of aromatic nitrogens is 2. The van der Waals surface area contributed by atoms with E-state index in [0.717, 1.165) is 10.5 Å². The van der Waals surface area contributed by atoms with Gasteiger partial charge in [0.05, 0.1) is 5.56 Å². The van der Waals surface area contributed by atoms with Crippen molar-refractivity contribution in [2.75, 3.05) is 0 Å². The van der Waals surface area contributed by atoms with Gasteiger partial charge in [0.25, 0.3) is 0 Å². The van der Waals surface area contributed by atoms with Gasteiger partial charge in [0.2, 0.25) is 0 Å². The molecule has 0 saturated carbocycles. The first-order chi connectivity index (χ1) is 8.21. The van der Waals surface area contributed by atoms with Crippen LogP contribution in [0.15, 0.2) is 16.7 Å². The van der Waals surface area contributed by atoms with Gasteiger partial charge in [0.1, 0.15) is 10.8 Å². The highest BCUT2D eigenvalue weighted by molar-refractivity contribution is 9.10. The molecule has 0 aliphatic rings. The third-order valence-electron chi connectivity index (χ3n) is 2.20. The Kier molecular flexibility index (Phi) is 3.30. The third kappa shape index (κ3) is 2.20. The van der Waals surface area contributed by atoms with Crippen molar-refractivity contribution < 1.29 is 23.4 Å². The molecule has 18 heavy (non-hydrogen) atoms. The number of hydrogen-bond acceptors (Lipinski definition) is 3.